The number of aliphatic hydroxyl groups excluding tert-OH is 1. The average Bonchev–Trinajstić information content (AvgIpc) is 3.12. The first-order valence-corrected chi connectivity index (χ1v) is 11.0. The lowest BCUT2D eigenvalue weighted by Gasteiger charge is -2.25. The summed E-state index contributed by atoms with van der Waals surface area (Å²) in [7, 11) is 0. The van der Waals surface area contributed by atoms with Gasteiger partial charge in [-0.25, -0.2) is 4.39 Å². The van der Waals surface area contributed by atoms with Gasteiger partial charge in [-0.3, -0.25) is 24.3 Å². The molecule has 1 unspecified atom stereocenters. The first-order valence-electron chi connectivity index (χ1n) is 11.0. The van der Waals surface area contributed by atoms with Crippen molar-refractivity contribution in [3.8, 4) is 0 Å². The first kappa shape index (κ1) is 23.8. The molecule has 4 rings (SSSR count). The minimum absolute atomic E-state index is 0.0723. The van der Waals surface area contributed by atoms with Crippen molar-refractivity contribution in [3.63, 3.8) is 0 Å². The summed E-state index contributed by atoms with van der Waals surface area (Å²) >= 11 is 0. The molecule has 1 N–H and O–H groups in total. The Morgan fingerprint density at radius 2 is 1.89 bits per heavy atom. The molecule has 2 heterocycles. The number of halogens is 1. The van der Waals surface area contributed by atoms with Gasteiger partial charge in [0.25, 0.3) is 11.7 Å². The van der Waals surface area contributed by atoms with Crippen LogP contribution in [0.15, 0.2) is 72.6 Å². The summed E-state index contributed by atoms with van der Waals surface area (Å²) in [6.45, 7) is 3.55. The summed E-state index contributed by atoms with van der Waals surface area (Å²) in [6, 6.07) is 13.0. The van der Waals surface area contributed by atoms with E-state index in [2.05, 4.69) is 4.98 Å². The molecule has 1 fully saturated rings. The second-order valence-electron chi connectivity index (χ2n) is 8.07. The van der Waals surface area contributed by atoms with Crippen LogP contribution in [0.25, 0.3) is 5.76 Å². The zero-order valence-corrected chi connectivity index (χ0v) is 19.2. The molecule has 1 saturated heterocycles. The molecule has 2 aromatic carbocycles. The van der Waals surface area contributed by atoms with E-state index in [0.717, 1.165) is 0 Å². The van der Waals surface area contributed by atoms with E-state index in [-0.39, 0.29) is 30.1 Å². The molecule has 1 aromatic heterocycles. The summed E-state index contributed by atoms with van der Waals surface area (Å²) in [5.41, 5.74) is 2.00. The quantitative estimate of drug-likeness (QED) is 0.248. The van der Waals surface area contributed by atoms with Gasteiger partial charge in [0.2, 0.25) is 0 Å². The predicted molar refractivity (Wildman–Crippen MR) is 127 cm³/mol. The van der Waals surface area contributed by atoms with Gasteiger partial charge in [0.15, 0.2) is 0 Å². The van der Waals surface area contributed by atoms with E-state index >= 15 is 0 Å². The molecule has 7 nitrogen and oxygen atoms in total. The third kappa shape index (κ3) is 4.68. The topological polar surface area (TPSA) is 96.8 Å². The molecule has 0 spiro atoms. The Balaban J connectivity index is 1.80. The summed E-state index contributed by atoms with van der Waals surface area (Å²) in [5, 5.41) is 11.1. The molecule has 35 heavy (non-hydrogen) atoms. The number of carbonyl (C=O) groups is 3. The lowest BCUT2D eigenvalue weighted by Crippen LogP contribution is -2.29. The molecule has 0 saturated carbocycles. The number of aromatic nitrogens is 1. The minimum atomic E-state index is -0.954. The molecule has 1 atom stereocenters. The van der Waals surface area contributed by atoms with E-state index in [9.17, 15) is 23.9 Å². The van der Waals surface area contributed by atoms with Crippen molar-refractivity contribution in [2.24, 2.45) is 0 Å². The third-order valence-electron chi connectivity index (χ3n) is 5.74. The number of Topliss-reactive ketones (excluding diaryl/α,β-unsaturated/α-hetero) is 1. The van der Waals surface area contributed by atoms with Crippen LogP contribution in [0.2, 0.25) is 0 Å². The van der Waals surface area contributed by atoms with Gasteiger partial charge in [-0.1, -0.05) is 18.2 Å². The zero-order valence-electron chi connectivity index (χ0n) is 19.2. The van der Waals surface area contributed by atoms with Crippen LogP contribution in [-0.2, 0) is 25.5 Å². The van der Waals surface area contributed by atoms with Crippen LogP contribution in [-0.4, -0.2) is 34.4 Å². The predicted octanol–water partition coefficient (Wildman–Crippen LogP) is 4.26. The van der Waals surface area contributed by atoms with E-state index in [1.54, 1.807) is 56.4 Å². The van der Waals surface area contributed by atoms with Crippen LogP contribution in [0.5, 0.6) is 0 Å². The Labute approximate surface area is 201 Å². The van der Waals surface area contributed by atoms with Gasteiger partial charge in [-0.05, 0) is 66.9 Å². The average molecular weight is 474 g/mol. The molecule has 3 aromatic rings. The number of ether oxygens (including phenoxy) is 1. The van der Waals surface area contributed by atoms with E-state index in [4.69, 9.17) is 4.74 Å². The number of hydrogen-bond acceptors (Lipinski definition) is 6. The maximum Gasteiger partial charge on any atom is 0.310 e. The number of esters is 1. The number of ketones is 1. The van der Waals surface area contributed by atoms with Crippen molar-refractivity contribution >= 4 is 29.1 Å². The molecule has 0 radical (unpaired) electrons. The molecule has 1 amide bonds. The van der Waals surface area contributed by atoms with Gasteiger partial charge >= 0.3 is 5.97 Å². The number of amides is 1. The SMILES string of the molecule is CCOC(=O)Cc1ccc(N2C(=O)C(=O)/C(=C(\O)c3ccc(F)c(C)c3)C2c2cccnc2)cc1. The van der Waals surface area contributed by atoms with Crippen LogP contribution < -0.4 is 4.90 Å². The fraction of sp³-hybridized carbons (Fsp3) is 0.185. The van der Waals surface area contributed by atoms with Crippen LogP contribution >= 0.6 is 0 Å². The zero-order chi connectivity index (χ0) is 25.1. The second kappa shape index (κ2) is 9.89. The Bertz CT molecular complexity index is 1320. The van der Waals surface area contributed by atoms with Gasteiger partial charge in [0.1, 0.15) is 11.6 Å². The molecule has 0 bridgehead atoms. The molecular weight excluding hydrogens is 451 g/mol. The monoisotopic (exact) mass is 474 g/mol. The van der Waals surface area contributed by atoms with Crippen LogP contribution in [0.4, 0.5) is 10.1 Å². The van der Waals surface area contributed by atoms with Crippen LogP contribution in [0.3, 0.4) is 0 Å². The normalized spacial score (nSPS) is 17.0. The van der Waals surface area contributed by atoms with Crippen molar-refractivity contribution < 1.29 is 28.6 Å². The van der Waals surface area contributed by atoms with E-state index in [1.807, 2.05) is 0 Å². The molecule has 1 aliphatic heterocycles. The molecule has 1 aliphatic rings. The number of rotatable bonds is 6. The number of aliphatic hydroxyl groups is 1. The highest BCUT2D eigenvalue weighted by Gasteiger charge is 2.47. The highest BCUT2D eigenvalue weighted by Crippen LogP contribution is 2.42. The highest BCUT2D eigenvalue weighted by molar-refractivity contribution is 6.51. The maximum atomic E-state index is 13.8. The summed E-state index contributed by atoms with van der Waals surface area (Å²) < 4.78 is 18.8. The number of nitrogens with zero attached hydrogens (tertiary/aromatic N) is 2. The third-order valence-corrected chi connectivity index (χ3v) is 5.74. The Morgan fingerprint density at radius 3 is 2.51 bits per heavy atom. The molecule has 8 heteroatoms. The Morgan fingerprint density at radius 1 is 1.14 bits per heavy atom. The lowest BCUT2D eigenvalue weighted by molar-refractivity contribution is -0.142. The fourth-order valence-electron chi connectivity index (χ4n) is 4.05. The van der Waals surface area contributed by atoms with Crippen molar-refractivity contribution in [1.29, 1.82) is 0 Å². The summed E-state index contributed by atoms with van der Waals surface area (Å²) in [5.74, 6) is -2.91. The van der Waals surface area contributed by atoms with Gasteiger partial charge < -0.3 is 9.84 Å². The van der Waals surface area contributed by atoms with Crippen LogP contribution in [0.1, 0.15) is 35.2 Å². The van der Waals surface area contributed by atoms with E-state index < -0.39 is 29.3 Å². The molecule has 178 valence electrons. The number of pyridine rings is 1. The van der Waals surface area contributed by atoms with E-state index in [0.29, 0.717) is 22.4 Å². The number of hydrogen-bond donors (Lipinski definition) is 1. The Hall–Kier alpha value is -4.33. The van der Waals surface area contributed by atoms with Crippen molar-refractivity contribution in [2.75, 3.05) is 11.5 Å². The number of benzene rings is 2. The smallest absolute Gasteiger partial charge is 0.310 e. The second-order valence-corrected chi connectivity index (χ2v) is 8.07. The Kier molecular flexibility index (Phi) is 6.73. The first-order chi connectivity index (χ1) is 16.8. The van der Waals surface area contributed by atoms with E-state index in [1.165, 1.54) is 29.3 Å². The summed E-state index contributed by atoms with van der Waals surface area (Å²) in [4.78, 5) is 43.5. The summed E-state index contributed by atoms with van der Waals surface area (Å²) in [6.07, 6.45) is 3.15. The maximum absolute atomic E-state index is 13.8. The number of anilines is 1. The van der Waals surface area contributed by atoms with Gasteiger partial charge in [0, 0.05) is 23.6 Å². The standard InChI is InChI=1S/C27H23FN2O5/c1-3-35-22(31)14-17-6-9-20(10-7-17)30-24(19-5-4-12-29-15-19)23(26(33)27(30)34)25(32)18-8-11-21(28)16(2)13-18/h4-13,15,24,32H,3,14H2,1-2H3/b25-23-. The number of carbonyl (C=O) groups excluding carboxylic acids is 3. The molecule has 0 aliphatic carbocycles. The highest BCUT2D eigenvalue weighted by atomic mass is 19.1. The molecular formula is C27H23FN2O5. The van der Waals surface area contributed by atoms with Gasteiger partial charge in [-0.2, -0.15) is 0 Å². The lowest BCUT2D eigenvalue weighted by atomic mass is 9.95. The van der Waals surface area contributed by atoms with Crippen molar-refractivity contribution in [3.05, 3.63) is 101 Å². The van der Waals surface area contributed by atoms with Crippen molar-refractivity contribution in [1.82, 2.24) is 4.98 Å². The van der Waals surface area contributed by atoms with Gasteiger partial charge in [-0.15, -0.1) is 0 Å². The largest absolute Gasteiger partial charge is 0.507 e. The van der Waals surface area contributed by atoms with Crippen LogP contribution in [0, 0.1) is 12.7 Å². The van der Waals surface area contributed by atoms with Gasteiger partial charge in [0.05, 0.1) is 24.6 Å². The minimum Gasteiger partial charge on any atom is -0.507 e. The number of aryl methyl sites for hydroxylation is 1. The van der Waals surface area contributed by atoms with Crippen molar-refractivity contribution in [2.45, 2.75) is 26.3 Å². The fourth-order valence-corrected chi connectivity index (χ4v) is 4.05.